The van der Waals surface area contributed by atoms with Crippen LogP contribution in [0.5, 0.6) is 0 Å². The first-order chi connectivity index (χ1) is 47.6. The summed E-state index contributed by atoms with van der Waals surface area (Å²) in [4.78, 5) is 13.4. The molecule has 12 unspecified atom stereocenters. The van der Waals surface area contributed by atoms with Gasteiger partial charge in [0.2, 0.25) is 5.91 Å². The van der Waals surface area contributed by atoms with Gasteiger partial charge in [0.25, 0.3) is 0 Å². The first-order valence-electron chi connectivity index (χ1n) is 41.7. The van der Waals surface area contributed by atoms with E-state index in [1.807, 2.05) is 6.08 Å². The Kier molecular flexibility index (Phi) is 63.4. The molecule has 14 heteroatoms. The molecule has 14 nitrogen and oxygen atoms in total. The molecule has 2 rings (SSSR count). The van der Waals surface area contributed by atoms with Crippen molar-refractivity contribution in [2.45, 2.75) is 466 Å². The first kappa shape index (κ1) is 91.3. The first-order valence-corrected chi connectivity index (χ1v) is 41.7. The van der Waals surface area contributed by atoms with Gasteiger partial charge in [0.05, 0.1) is 32.0 Å². The van der Waals surface area contributed by atoms with E-state index in [1.54, 1.807) is 6.08 Å². The number of carbonyl (C=O) groups excluding carboxylic acids is 1. The van der Waals surface area contributed by atoms with E-state index in [-0.39, 0.29) is 18.9 Å². The lowest BCUT2D eigenvalue weighted by Crippen LogP contribution is -2.65. The smallest absolute Gasteiger partial charge is 0.220 e. The van der Waals surface area contributed by atoms with Crippen molar-refractivity contribution >= 4 is 5.91 Å². The summed E-state index contributed by atoms with van der Waals surface area (Å²) in [5.74, 6) is -0.231. The van der Waals surface area contributed by atoms with Crippen LogP contribution in [0, 0.1) is 0 Å². The standard InChI is InChI=1S/C83H157NO13/c1-3-5-7-9-11-13-15-17-19-21-23-25-27-29-31-33-35-37-38-40-42-44-46-48-50-52-54-56-58-60-62-64-66-72(87)71(70-94-82-80(93)78(91)81(74(69-86)96-82)97-83-79(92)77(90)76(89)73(68-85)95-83)84-75(88)67-65-63-61-59-57-55-53-51-49-47-45-43-41-39-36-34-32-30-28-26-24-22-20-18-16-14-12-10-8-6-4-2/h16,18,22,24,64,66,71-74,76-83,85-87,89-93H,3-15,17,19-21,23,25-63,65,67-70H2,1-2H3,(H,84,88)/b18-16-,24-22-,66-64+. The summed E-state index contributed by atoms with van der Waals surface area (Å²) in [6, 6.07) is -0.916. The van der Waals surface area contributed by atoms with Gasteiger partial charge in [0.15, 0.2) is 12.6 Å². The molecule has 0 aromatic carbocycles. The third-order valence-electron chi connectivity index (χ3n) is 20.6. The van der Waals surface area contributed by atoms with Crippen LogP contribution in [0.3, 0.4) is 0 Å². The van der Waals surface area contributed by atoms with Crippen molar-refractivity contribution in [2.75, 3.05) is 19.8 Å². The maximum Gasteiger partial charge on any atom is 0.220 e. The number of unbranched alkanes of at least 4 members (excludes halogenated alkanes) is 54. The number of carbonyl (C=O) groups is 1. The van der Waals surface area contributed by atoms with Gasteiger partial charge in [0.1, 0.15) is 48.8 Å². The van der Waals surface area contributed by atoms with Gasteiger partial charge < -0.3 is 65.1 Å². The highest BCUT2D eigenvalue weighted by Gasteiger charge is 2.51. The van der Waals surface area contributed by atoms with E-state index < -0.39 is 86.8 Å². The van der Waals surface area contributed by atoms with Crippen LogP contribution in [0.15, 0.2) is 36.5 Å². The Bertz CT molecular complexity index is 1770. The Balaban J connectivity index is 1.60. The Morgan fingerprint density at radius 1 is 0.371 bits per heavy atom. The molecule has 0 aliphatic carbocycles. The van der Waals surface area contributed by atoms with Crippen molar-refractivity contribution in [2.24, 2.45) is 0 Å². The van der Waals surface area contributed by atoms with Crippen LogP contribution in [0.4, 0.5) is 0 Å². The Morgan fingerprint density at radius 3 is 1.03 bits per heavy atom. The van der Waals surface area contributed by atoms with E-state index in [0.29, 0.717) is 6.42 Å². The summed E-state index contributed by atoms with van der Waals surface area (Å²) in [6.07, 6.45) is 72.4. The van der Waals surface area contributed by atoms with Crippen molar-refractivity contribution in [3.8, 4) is 0 Å². The van der Waals surface area contributed by atoms with Crippen LogP contribution in [0.1, 0.15) is 393 Å². The van der Waals surface area contributed by atoms with Crippen molar-refractivity contribution in [1.82, 2.24) is 5.32 Å². The second-order valence-corrected chi connectivity index (χ2v) is 29.6. The molecule has 0 aromatic rings. The fraction of sp³-hybridized carbons (Fsp3) is 0.916. The molecule has 1 amide bonds. The maximum absolute atomic E-state index is 13.4. The lowest BCUT2D eigenvalue weighted by atomic mass is 9.97. The van der Waals surface area contributed by atoms with Gasteiger partial charge in [-0.1, -0.05) is 371 Å². The molecule has 0 saturated carbocycles. The number of nitrogens with one attached hydrogen (secondary N) is 1. The number of ether oxygens (including phenoxy) is 4. The monoisotopic (exact) mass is 1380 g/mol. The molecule has 2 aliphatic heterocycles. The van der Waals surface area contributed by atoms with Crippen molar-refractivity contribution in [3.05, 3.63) is 36.5 Å². The number of rotatable bonds is 71. The molecule has 2 saturated heterocycles. The van der Waals surface area contributed by atoms with E-state index in [9.17, 15) is 45.6 Å². The van der Waals surface area contributed by atoms with Crippen LogP contribution in [-0.2, 0) is 23.7 Å². The van der Waals surface area contributed by atoms with Gasteiger partial charge in [-0.05, 0) is 51.4 Å². The number of aliphatic hydroxyl groups is 8. The molecule has 97 heavy (non-hydrogen) atoms. The summed E-state index contributed by atoms with van der Waals surface area (Å²) in [7, 11) is 0. The van der Waals surface area contributed by atoms with Gasteiger partial charge in [-0.3, -0.25) is 4.79 Å². The molecule has 2 fully saturated rings. The average Bonchev–Trinajstić information content (AvgIpc) is 0.794. The van der Waals surface area contributed by atoms with Crippen molar-refractivity contribution in [3.63, 3.8) is 0 Å². The van der Waals surface area contributed by atoms with Crippen LogP contribution in [-0.4, -0.2) is 140 Å². The molecule has 0 spiro atoms. The molecule has 0 aromatic heterocycles. The fourth-order valence-electron chi connectivity index (χ4n) is 14.0. The van der Waals surface area contributed by atoms with Gasteiger partial charge in [-0.2, -0.15) is 0 Å². The van der Waals surface area contributed by atoms with E-state index in [1.165, 1.54) is 321 Å². The average molecular weight is 1380 g/mol. The summed E-state index contributed by atoms with van der Waals surface area (Å²) < 4.78 is 22.9. The predicted molar refractivity (Wildman–Crippen MR) is 401 cm³/mol. The molecule has 2 aliphatic rings. The van der Waals surface area contributed by atoms with E-state index in [4.69, 9.17) is 18.9 Å². The van der Waals surface area contributed by atoms with Crippen LogP contribution < -0.4 is 5.32 Å². The molecule has 12 atom stereocenters. The number of amides is 1. The molecule has 9 N–H and O–H groups in total. The molecular weight excluding hydrogens is 1220 g/mol. The second kappa shape index (κ2) is 67.4. The fourth-order valence-corrected chi connectivity index (χ4v) is 14.0. The van der Waals surface area contributed by atoms with Gasteiger partial charge in [-0.25, -0.2) is 0 Å². The maximum atomic E-state index is 13.4. The van der Waals surface area contributed by atoms with Gasteiger partial charge in [0, 0.05) is 6.42 Å². The zero-order valence-corrected chi connectivity index (χ0v) is 62.9. The number of hydrogen-bond donors (Lipinski definition) is 9. The van der Waals surface area contributed by atoms with Gasteiger partial charge >= 0.3 is 0 Å². The van der Waals surface area contributed by atoms with Crippen LogP contribution >= 0.6 is 0 Å². The number of hydrogen-bond acceptors (Lipinski definition) is 13. The lowest BCUT2D eigenvalue weighted by molar-refractivity contribution is -0.359. The quantitative estimate of drug-likeness (QED) is 0.0204. The predicted octanol–water partition coefficient (Wildman–Crippen LogP) is 19.2. The molecule has 2 heterocycles. The zero-order chi connectivity index (χ0) is 70.1. The molecule has 572 valence electrons. The van der Waals surface area contributed by atoms with E-state index in [2.05, 4.69) is 43.5 Å². The van der Waals surface area contributed by atoms with E-state index >= 15 is 0 Å². The highest BCUT2D eigenvalue weighted by Crippen LogP contribution is 2.30. The zero-order valence-electron chi connectivity index (χ0n) is 62.9. The Labute approximate surface area is 595 Å². The Morgan fingerprint density at radius 2 is 0.680 bits per heavy atom. The van der Waals surface area contributed by atoms with Crippen molar-refractivity contribution in [1.29, 1.82) is 0 Å². The highest BCUT2D eigenvalue weighted by atomic mass is 16.7. The van der Waals surface area contributed by atoms with Crippen molar-refractivity contribution < 1.29 is 64.6 Å². The summed E-state index contributed by atoms with van der Waals surface area (Å²) in [5.41, 5.74) is 0. The van der Waals surface area contributed by atoms with Gasteiger partial charge in [-0.15, -0.1) is 0 Å². The molecule has 0 radical (unpaired) electrons. The third-order valence-corrected chi connectivity index (χ3v) is 20.6. The highest BCUT2D eigenvalue weighted by molar-refractivity contribution is 5.76. The number of allylic oxidation sites excluding steroid dienone is 5. The SMILES string of the molecule is CCCCCCC/C=C\C/C=C\CCCCCCCCCCCCCCCCCCCCCC(=O)NC(COC1OC(CO)C(OC2OC(CO)C(O)C(O)C2O)C(O)C1O)C(O)/C=C/CCCCCCCCCCCCCCCCCCCCCCCCCCCCCCCC. The number of aliphatic hydroxyl groups excluding tert-OH is 8. The minimum Gasteiger partial charge on any atom is -0.394 e. The minimum absolute atomic E-state index is 0.231. The summed E-state index contributed by atoms with van der Waals surface area (Å²) in [6.45, 7) is 2.86. The Hall–Kier alpha value is -1.79. The van der Waals surface area contributed by atoms with E-state index in [0.717, 1.165) is 44.9 Å². The summed E-state index contributed by atoms with van der Waals surface area (Å²) >= 11 is 0. The largest absolute Gasteiger partial charge is 0.394 e. The molecule has 0 bridgehead atoms. The molecular formula is C83H157NO13. The van der Waals surface area contributed by atoms with Crippen LogP contribution in [0.25, 0.3) is 0 Å². The second-order valence-electron chi connectivity index (χ2n) is 29.6. The lowest BCUT2D eigenvalue weighted by Gasteiger charge is -2.46. The minimum atomic E-state index is -1.79. The topological polar surface area (TPSA) is 228 Å². The third kappa shape index (κ3) is 50.3. The van der Waals surface area contributed by atoms with Crippen LogP contribution in [0.2, 0.25) is 0 Å². The normalized spacial score (nSPS) is 22.2. The summed E-state index contributed by atoms with van der Waals surface area (Å²) in [5, 5.41) is 87.8.